The molecule has 0 aliphatic heterocycles. The molecule has 13 heavy (non-hydrogen) atoms. The van der Waals surface area contributed by atoms with Gasteiger partial charge in [-0.1, -0.05) is 6.08 Å². The van der Waals surface area contributed by atoms with E-state index in [4.69, 9.17) is 9.84 Å². The van der Waals surface area contributed by atoms with Crippen molar-refractivity contribution in [1.82, 2.24) is 0 Å². The van der Waals surface area contributed by atoms with Gasteiger partial charge in [-0.25, -0.2) is 4.79 Å². The number of aliphatic carboxylic acids is 1. The van der Waals surface area contributed by atoms with Crippen molar-refractivity contribution in [1.29, 1.82) is 0 Å². The first-order valence-corrected chi connectivity index (χ1v) is 3.89. The van der Waals surface area contributed by atoms with Gasteiger partial charge in [0.25, 0.3) is 0 Å². The van der Waals surface area contributed by atoms with Crippen LogP contribution in [0.4, 0.5) is 0 Å². The highest BCUT2D eigenvalue weighted by Crippen LogP contribution is 2.28. The second kappa shape index (κ2) is 3.32. The highest BCUT2D eigenvalue weighted by Gasteiger charge is 2.31. The summed E-state index contributed by atoms with van der Waals surface area (Å²) in [7, 11) is 1.39. The van der Waals surface area contributed by atoms with E-state index in [1.807, 2.05) is 0 Å². The first-order valence-electron chi connectivity index (χ1n) is 3.89. The Morgan fingerprint density at radius 3 is 2.69 bits per heavy atom. The van der Waals surface area contributed by atoms with Crippen molar-refractivity contribution in [2.24, 2.45) is 0 Å². The number of carbonyl (C=O) groups is 1. The van der Waals surface area contributed by atoms with Crippen molar-refractivity contribution >= 4 is 5.97 Å². The lowest BCUT2D eigenvalue weighted by Crippen LogP contribution is -2.34. The fraction of sp³-hybridized carbons (Fsp3) is 0.444. The molecular weight excluding hydrogens is 172 g/mol. The molecule has 0 saturated heterocycles. The van der Waals surface area contributed by atoms with E-state index in [1.54, 1.807) is 6.92 Å². The van der Waals surface area contributed by atoms with Gasteiger partial charge in [-0.15, -0.1) is 0 Å². The van der Waals surface area contributed by atoms with Gasteiger partial charge in [0.1, 0.15) is 0 Å². The molecule has 0 spiro atoms. The maximum absolute atomic E-state index is 10.6. The van der Waals surface area contributed by atoms with Crippen molar-refractivity contribution in [2.75, 3.05) is 7.11 Å². The molecule has 0 aromatic carbocycles. The lowest BCUT2D eigenvalue weighted by molar-refractivity contribution is -0.153. The van der Waals surface area contributed by atoms with Gasteiger partial charge in [0, 0.05) is 13.5 Å². The van der Waals surface area contributed by atoms with Gasteiger partial charge >= 0.3 is 5.97 Å². The van der Waals surface area contributed by atoms with Crippen molar-refractivity contribution in [3.63, 3.8) is 0 Å². The normalized spacial score (nSPS) is 27.9. The summed E-state index contributed by atoms with van der Waals surface area (Å²) in [6.45, 7) is 1.64. The second-order valence-electron chi connectivity index (χ2n) is 2.98. The molecule has 0 bridgehead atoms. The molecule has 1 rings (SSSR count). The predicted molar refractivity (Wildman–Crippen MR) is 46.1 cm³/mol. The summed E-state index contributed by atoms with van der Waals surface area (Å²) >= 11 is 0. The van der Waals surface area contributed by atoms with E-state index in [2.05, 4.69) is 0 Å². The zero-order chi connectivity index (χ0) is 10.1. The molecule has 1 atom stereocenters. The average molecular weight is 184 g/mol. The minimum absolute atomic E-state index is 0.174. The van der Waals surface area contributed by atoms with E-state index >= 15 is 0 Å². The minimum atomic E-state index is -1.33. The van der Waals surface area contributed by atoms with Gasteiger partial charge in [-0.2, -0.15) is 0 Å². The highest BCUT2D eigenvalue weighted by molar-refractivity contribution is 5.90. The first kappa shape index (κ1) is 9.95. The molecule has 0 heterocycles. The molecule has 0 fully saturated rings. The molecule has 0 saturated carbocycles. The average Bonchev–Trinajstić information content (AvgIpc) is 2.09. The van der Waals surface area contributed by atoms with Crippen LogP contribution >= 0.6 is 0 Å². The maximum atomic E-state index is 10.6. The van der Waals surface area contributed by atoms with Crippen LogP contribution in [0.15, 0.2) is 23.3 Å². The third-order valence-electron chi connectivity index (χ3n) is 2.17. The second-order valence-corrected chi connectivity index (χ2v) is 2.98. The summed E-state index contributed by atoms with van der Waals surface area (Å²) in [5.74, 6) is -2.32. The van der Waals surface area contributed by atoms with Crippen LogP contribution in [-0.4, -0.2) is 29.1 Å². The molecule has 0 aromatic heterocycles. The minimum Gasteiger partial charge on any atom is -0.478 e. The quantitative estimate of drug-likeness (QED) is 0.619. The summed E-state index contributed by atoms with van der Waals surface area (Å²) in [5, 5.41) is 18.4. The molecule has 2 N–H and O–H groups in total. The summed E-state index contributed by atoms with van der Waals surface area (Å²) < 4.78 is 4.87. The lowest BCUT2D eigenvalue weighted by atomic mass is 9.94. The molecule has 0 aromatic rings. The van der Waals surface area contributed by atoms with Gasteiger partial charge in [-0.05, 0) is 18.6 Å². The Morgan fingerprint density at radius 2 is 2.31 bits per heavy atom. The molecule has 1 aliphatic rings. The van der Waals surface area contributed by atoms with Crippen molar-refractivity contribution in [2.45, 2.75) is 19.1 Å². The predicted octanol–water partition coefficient (Wildman–Crippen LogP) is 0.682. The number of carboxylic acid groups (broad SMARTS) is 1. The third-order valence-corrected chi connectivity index (χ3v) is 2.17. The van der Waals surface area contributed by atoms with Gasteiger partial charge in [0.05, 0.1) is 5.57 Å². The smallest absolute Gasteiger partial charge is 0.335 e. The van der Waals surface area contributed by atoms with E-state index in [1.165, 1.54) is 19.3 Å². The van der Waals surface area contributed by atoms with Crippen LogP contribution in [0.3, 0.4) is 0 Å². The maximum Gasteiger partial charge on any atom is 0.335 e. The molecular formula is C9H12O4. The number of carboxylic acids is 1. The molecule has 4 nitrogen and oxygen atoms in total. The van der Waals surface area contributed by atoms with Crippen LogP contribution in [0.5, 0.6) is 0 Å². The molecule has 4 heteroatoms. The molecule has 0 amide bonds. The van der Waals surface area contributed by atoms with Crippen molar-refractivity contribution in [3.05, 3.63) is 23.3 Å². The summed E-state index contributed by atoms with van der Waals surface area (Å²) in [5.41, 5.74) is 0.703. The van der Waals surface area contributed by atoms with Crippen LogP contribution in [0, 0.1) is 0 Å². The Labute approximate surface area is 76.1 Å². The van der Waals surface area contributed by atoms with Gasteiger partial charge in [0.2, 0.25) is 0 Å². The molecule has 72 valence electrons. The Bertz CT molecular complexity index is 290. The van der Waals surface area contributed by atoms with Crippen LogP contribution in [0.25, 0.3) is 0 Å². The Balaban J connectivity index is 2.93. The van der Waals surface area contributed by atoms with Crippen LogP contribution in [0.1, 0.15) is 13.3 Å². The zero-order valence-electron chi connectivity index (χ0n) is 7.57. The van der Waals surface area contributed by atoms with Gasteiger partial charge in [-0.3, -0.25) is 0 Å². The largest absolute Gasteiger partial charge is 0.478 e. The van der Waals surface area contributed by atoms with Crippen LogP contribution in [-0.2, 0) is 9.53 Å². The summed E-state index contributed by atoms with van der Waals surface area (Å²) in [4.78, 5) is 10.6. The first-order chi connectivity index (χ1) is 5.99. The Morgan fingerprint density at radius 1 is 1.69 bits per heavy atom. The summed E-state index contributed by atoms with van der Waals surface area (Å²) in [6.07, 6.45) is 3.03. The Kier molecular flexibility index (Phi) is 2.54. The fourth-order valence-corrected chi connectivity index (χ4v) is 1.21. The highest BCUT2D eigenvalue weighted by atomic mass is 16.6. The number of methoxy groups -OCH3 is 1. The number of ether oxygens (including phenoxy) is 1. The lowest BCUT2D eigenvalue weighted by Gasteiger charge is -2.29. The SMILES string of the molecule is COC1(O)CC=C(C(=O)O)C=C1C. The Hall–Kier alpha value is -1.13. The molecule has 1 aliphatic carbocycles. The van der Waals surface area contributed by atoms with Gasteiger partial charge < -0.3 is 14.9 Å². The van der Waals surface area contributed by atoms with E-state index in [0.29, 0.717) is 5.57 Å². The summed E-state index contributed by atoms with van der Waals surface area (Å²) in [6, 6.07) is 0. The van der Waals surface area contributed by atoms with E-state index < -0.39 is 11.8 Å². The number of hydrogen-bond donors (Lipinski definition) is 2. The fourth-order valence-electron chi connectivity index (χ4n) is 1.21. The van der Waals surface area contributed by atoms with Crippen molar-refractivity contribution < 1.29 is 19.7 Å². The van der Waals surface area contributed by atoms with E-state index in [9.17, 15) is 9.90 Å². The van der Waals surface area contributed by atoms with E-state index in [-0.39, 0.29) is 12.0 Å². The van der Waals surface area contributed by atoms with E-state index in [0.717, 1.165) is 0 Å². The van der Waals surface area contributed by atoms with Crippen LogP contribution in [0.2, 0.25) is 0 Å². The molecule has 0 radical (unpaired) electrons. The topological polar surface area (TPSA) is 66.8 Å². The monoisotopic (exact) mass is 184 g/mol. The number of hydrogen-bond acceptors (Lipinski definition) is 3. The van der Waals surface area contributed by atoms with Crippen molar-refractivity contribution in [3.8, 4) is 0 Å². The van der Waals surface area contributed by atoms with Crippen LogP contribution < -0.4 is 0 Å². The standard InChI is InChI=1S/C9H12O4/c1-6-5-7(8(10)11)3-4-9(6,12)13-2/h3,5,12H,4H2,1-2H3,(H,10,11). The van der Waals surface area contributed by atoms with Gasteiger partial charge in [0.15, 0.2) is 5.79 Å². The number of aliphatic hydroxyl groups is 1. The zero-order valence-corrected chi connectivity index (χ0v) is 7.57. The number of rotatable bonds is 2. The molecule has 1 unspecified atom stereocenters. The third kappa shape index (κ3) is 1.79.